The van der Waals surface area contributed by atoms with E-state index in [0.29, 0.717) is 6.04 Å². The summed E-state index contributed by atoms with van der Waals surface area (Å²) < 4.78 is 1.96. The molecule has 1 aliphatic rings. The molecule has 1 fully saturated rings. The van der Waals surface area contributed by atoms with Crippen molar-refractivity contribution >= 4 is 17.0 Å². The SMILES string of the molecule is O=C(O)c1cnc2c(cnn2C2CCCCC2)c1. The summed E-state index contributed by atoms with van der Waals surface area (Å²) in [6.07, 6.45) is 9.16. The molecule has 5 nitrogen and oxygen atoms in total. The van der Waals surface area contributed by atoms with Crippen LogP contribution < -0.4 is 0 Å². The molecular weight excluding hydrogens is 230 g/mol. The van der Waals surface area contributed by atoms with Crippen LogP contribution in [0, 0.1) is 0 Å². The van der Waals surface area contributed by atoms with Crippen molar-refractivity contribution in [2.75, 3.05) is 0 Å². The van der Waals surface area contributed by atoms with E-state index in [2.05, 4.69) is 10.1 Å². The topological polar surface area (TPSA) is 68.0 Å². The van der Waals surface area contributed by atoms with Crippen molar-refractivity contribution in [3.05, 3.63) is 24.0 Å². The molecule has 1 aliphatic carbocycles. The van der Waals surface area contributed by atoms with Gasteiger partial charge in [0, 0.05) is 11.6 Å². The van der Waals surface area contributed by atoms with Crippen molar-refractivity contribution in [1.82, 2.24) is 14.8 Å². The van der Waals surface area contributed by atoms with E-state index in [4.69, 9.17) is 5.11 Å². The minimum absolute atomic E-state index is 0.214. The van der Waals surface area contributed by atoms with E-state index in [-0.39, 0.29) is 5.56 Å². The highest BCUT2D eigenvalue weighted by molar-refractivity contribution is 5.91. The van der Waals surface area contributed by atoms with E-state index >= 15 is 0 Å². The zero-order valence-corrected chi connectivity index (χ0v) is 10.0. The van der Waals surface area contributed by atoms with Gasteiger partial charge < -0.3 is 5.11 Å². The second kappa shape index (κ2) is 4.40. The Hall–Kier alpha value is -1.91. The number of carboxylic acid groups (broad SMARTS) is 1. The number of carbonyl (C=O) groups is 1. The van der Waals surface area contributed by atoms with E-state index in [1.54, 1.807) is 12.3 Å². The highest BCUT2D eigenvalue weighted by Crippen LogP contribution is 2.29. The highest BCUT2D eigenvalue weighted by atomic mass is 16.4. The third-order valence-corrected chi connectivity index (χ3v) is 3.60. The van der Waals surface area contributed by atoms with E-state index in [1.807, 2.05) is 4.68 Å². The van der Waals surface area contributed by atoms with Crippen LogP contribution in [0.1, 0.15) is 48.5 Å². The molecule has 18 heavy (non-hydrogen) atoms. The molecule has 0 aliphatic heterocycles. The van der Waals surface area contributed by atoms with Gasteiger partial charge in [0.15, 0.2) is 5.65 Å². The summed E-state index contributed by atoms with van der Waals surface area (Å²) in [5.41, 5.74) is 1.01. The van der Waals surface area contributed by atoms with E-state index in [0.717, 1.165) is 23.9 Å². The minimum Gasteiger partial charge on any atom is -0.478 e. The average Bonchev–Trinajstić information content (AvgIpc) is 2.82. The normalized spacial score (nSPS) is 17.1. The van der Waals surface area contributed by atoms with Gasteiger partial charge in [0.2, 0.25) is 0 Å². The zero-order valence-electron chi connectivity index (χ0n) is 10.0. The summed E-state index contributed by atoms with van der Waals surface area (Å²) >= 11 is 0. The summed E-state index contributed by atoms with van der Waals surface area (Å²) in [4.78, 5) is 15.1. The van der Waals surface area contributed by atoms with Crippen molar-refractivity contribution in [1.29, 1.82) is 0 Å². The van der Waals surface area contributed by atoms with Crippen molar-refractivity contribution in [2.24, 2.45) is 0 Å². The molecule has 2 aromatic heterocycles. The van der Waals surface area contributed by atoms with Gasteiger partial charge in [0.05, 0.1) is 17.8 Å². The van der Waals surface area contributed by atoms with Crippen LogP contribution in [0.3, 0.4) is 0 Å². The van der Waals surface area contributed by atoms with E-state index in [9.17, 15) is 4.79 Å². The molecule has 0 aromatic carbocycles. The number of carboxylic acids is 1. The molecule has 2 heterocycles. The molecule has 94 valence electrons. The first-order valence-corrected chi connectivity index (χ1v) is 6.32. The summed E-state index contributed by atoms with van der Waals surface area (Å²) in [6.45, 7) is 0. The van der Waals surface area contributed by atoms with Gasteiger partial charge in [0.25, 0.3) is 0 Å². The molecule has 0 saturated heterocycles. The van der Waals surface area contributed by atoms with Crippen LogP contribution in [0.5, 0.6) is 0 Å². The molecule has 0 unspecified atom stereocenters. The Morgan fingerprint density at radius 3 is 2.78 bits per heavy atom. The van der Waals surface area contributed by atoms with Crippen LogP contribution >= 0.6 is 0 Å². The van der Waals surface area contributed by atoms with Gasteiger partial charge in [-0.2, -0.15) is 5.10 Å². The lowest BCUT2D eigenvalue weighted by Crippen LogP contribution is -2.14. The highest BCUT2D eigenvalue weighted by Gasteiger charge is 2.19. The van der Waals surface area contributed by atoms with Crippen LogP contribution in [0.25, 0.3) is 11.0 Å². The smallest absolute Gasteiger partial charge is 0.337 e. The molecule has 5 heteroatoms. The van der Waals surface area contributed by atoms with Crippen LogP contribution in [-0.2, 0) is 0 Å². The van der Waals surface area contributed by atoms with Gasteiger partial charge in [-0.05, 0) is 18.9 Å². The molecule has 3 rings (SSSR count). The van der Waals surface area contributed by atoms with E-state index < -0.39 is 5.97 Å². The average molecular weight is 245 g/mol. The number of fused-ring (bicyclic) bond motifs is 1. The van der Waals surface area contributed by atoms with Gasteiger partial charge in [-0.15, -0.1) is 0 Å². The van der Waals surface area contributed by atoms with Crippen LogP contribution in [0.15, 0.2) is 18.5 Å². The molecule has 0 amide bonds. The number of nitrogens with zero attached hydrogens (tertiary/aromatic N) is 3. The first kappa shape index (κ1) is 11.2. The third-order valence-electron chi connectivity index (χ3n) is 3.60. The Morgan fingerprint density at radius 1 is 1.28 bits per heavy atom. The summed E-state index contributed by atoms with van der Waals surface area (Å²) in [5.74, 6) is -0.949. The number of aromatic carboxylic acids is 1. The van der Waals surface area contributed by atoms with Crippen molar-refractivity contribution in [3.63, 3.8) is 0 Å². The Bertz CT molecular complexity index is 585. The first-order valence-electron chi connectivity index (χ1n) is 6.32. The Balaban J connectivity index is 2.01. The Labute approximate surface area is 104 Å². The summed E-state index contributed by atoms with van der Waals surface area (Å²) in [6, 6.07) is 2.05. The predicted molar refractivity (Wildman–Crippen MR) is 66.6 cm³/mol. The maximum Gasteiger partial charge on any atom is 0.337 e. The lowest BCUT2D eigenvalue weighted by atomic mass is 9.96. The van der Waals surface area contributed by atoms with Gasteiger partial charge in [-0.1, -0.05) is 19.3 Å². The van der Waals surface area contributed by atoms with Gasteiger partial charge in [-0.3, -0.25) is 0 Å². The van der Waals surface area contributed by atoms with Gasteiger partial charge in [-0.25, -0.2) is 14.5 Å². The van der Waals surface area contributed by atoms with Crippen LogP contribution in [-0.4, -0.2) is 25.8 Å². The second-order valence-electron chi connectivity index (χ2n) is 4.82. The molecule has 1 saturated carbocycles. The predicted octanol–water partition coefficient (Wildman–Crippen LogP) is 2.63. The summed E-state index contributed by atoms with van der Waals surface area (Å²) in [5, 5.41) is 14.1. The lowest BCUT2D eigenvalue weighted by molar-refractivity contribution is 0.0696. The second-order valence-corrected chi connectivity index (χ2v) is 4.82. The molecule has 0 atom stereocenters. The van der Waals surface area contributed by atoms with Crippen LogP contribution in [0.4, 0.5) is 0 Å². The minimum atomic E-state index is -0.949. The fourth-order valence-electron chi connectivity index (χ4n) is 2.65. The van der Waals surface area contributed by atoms with Gasteiger partial charge >= 0.3 is 5.97 Å². The Kier molecular flexibility index (Phi) is 2.74. The molecule has 0 radical (unpaired) electrons. The summed E-state index contributed by atoms with van der Waals surface area (Å²) in [7, 11) is 0. The first-order chi connectivity index (χ1) is 8.75. The number of hydrogen-bond donors (Lipinski definition) is 1. The number of pyridine rings is 1. The monoisotopic (exact) mass is 245 g/mol. The van der Waals surface area contributed by atoms with E-state index in [1.165, 1.54) is 25.5 Å². The van der Waals surface area contributed by atoms with Crippen LogP contribution in [0.2, 0.25) is 0 Å². The molecule has 0 spiro atoms. The number of aromatic nitrogens is 3. The third kappa shape index (κ3) is 1.85. The zero-order chi connectivity index (χ0) is 12.5. The van der Waals surface area contributed by atoms with Crippen molar-refractivity contribution in [3.8, 4) is 0 Å². The number of rotatable bonds is 2. The quantitative estimate of drug-likeness (QED) is 0.883. The molecular formula is C13H15N3O2. The molecule has 1 N–H and O–H groups in total. The Morgan fingerprint density at radius 2 is 2.06 bits per heavy atom. The fourth-order valence-corrected chi connectivity index (χ4v) is 2.65. The largest absolute Gasteiger partial charge is 0.478 e. The maximum absolute atomic E-state index is 10.9. The lowest BCUT2D eigenvalue weighted by Gasteiger charge is -2.22. The van der Waals surface area contributed by atoms with Gasteiger partial charge in [0.1, 0.15) is 0 Å². The van der Waals surface area contributed by atoms with Crippen molar-refractivity contribution in [2.45, 2.75) is 38.1 Å². The maximum atomic E-state index is 10.9. The standard InChI is InChI=1S/C13H15N3O2/c17-13(18)10-6-9-8-15-16(12(9)14-7-10)11-4-2-1-3-5-11/h6-8,11H,1-5H2,(H,17,18). The molecule has 2 aromatic rings. The number of hydrogen-bond acceptors (Lipinski definition) is 3. The fraction of sp³-hybridized carbons (Fsp3) is 0.462. The molecule has 0 bridgehead atoms. The van der Waals surface area contributed by atoms with Crippen molar-refractivity contribution < 1.29 is 9.90 Å².